The summed E-state index contributed by atoms with van der Waals surface area (Å²) < 4.78 is 11.1. The second-order valence-electron chi connectivity index (χ2n) is 5.87. The molecule has 0 fully saturated rings. The Balaban J connectivity index is 0.00000338. The lowest BCUT2D eigenvalue weighted by Crippen LogP contribution is -2.38. The molecule has 2 atom stereocenters. The van der Waals surface area contributed by atoms with Crippen LogP contribution in [0.5, 0.6) is 17.4 Å². The molecule has 0 aliphatic carbocycles. The number of carbonyl (C=O) groups is 1. The molecule has 1 heterocycles. The Morgan fingerprint density at radius 3 is 2.37 bits per heavy atom. The zero-order valence-corrected chi connectivity index (χ0v) is 17.3. The Bertz CT molecular complexity index is 697. The number of hydrogen-bond acceptors (Lipinski definition) is 5. The summed E-state index contributed by atoms with van der Waals surface area (Å²) in [5.41, 5.74) is 6.65. The van der Waals surface area contributed by atoms with Gasteiger partial charge in [-0.05, 0) is 49.7 Å². The van der Waals surface area contributed by atoms with E-state index in [0.29, 0.717) is 24.8 Å². The molecular formula is C19H27Cl2N3O3. The lowest BCUT2D eigenvalue weighted by Gasteiger charge is -2.15. The molecule has 0 saturated carbocycles. The molecule has 2 rings (SSSR count). The Kier molecular flexibility index (Phi) is 11.5. The van der Waals surface area contributed by atoms with Gasteiger partial charge in [-0.3, -0.25) is 4.79 Å². The van der Waals surface area contributed by atoms with Crippen LogP contribution in [-0.4, -0.2) is 23.5 Å². The van der Waals surface area contributed by atoms with E-state index in [1.165, 1.54) is 0 Å². The first kappa shape index (κ1) is 25.0. The Hall–Kier alpha value is -2.02. The maximum absolute atomic E-state index is 12.0. The summed E-state index contributed by atoms with van der Waals surface area (Å²) in [5, 5.41) is 2.87. The minimum absolute atomic E-state index is 0. The number of pyridine rings is 1. The van der Waals surface area contributed by atoms with Crippen molar-refractivity contribution < 1.29 is 14.3 Å². The van der Waals surface area contributed by atoms with Gasteiger partial charge in [-0.2, -0.15) is 0 Å². The molecule has 6 nitrogen and oxygen atoms in total. The third kappa shape index (κ3) is 8.03. The summed E-state index contributed by atoms with van der Waals surface area (Å²) in [5.74, 6) is 1.63. The molecule has 8 heteroatoms. The molecule has 150 valence electrons. The van der Waals surface area contributed by atoms with Gasteiger partial charge in [0.25, 0.3) is 0 Å². The normalized spacial score (nSPS) is 12.0. The number of benzene rings is 1. The van der Waals surface area contributed by atoms with Crippen LogP contribution < -0.4 is 20.5 Å². The number of rotatable bonds is 8. The Morgan fingerprint density at radius 2 is 1.78 bits per heavy atom. The molecule has 0 saturated heterocycles. The van der Waals surface area contributed by atoms with Crippen molar-refractivity contribution in [2.24, 2.45) is 11.7 Å². The fraction of sp³-hybridized carbons (Fsp3) is 0.368. The minimum atomic E-state index is -0.235. The number of nitrogens with two attached hydrogens (primary N) is 1. The fourth-order valence-electron chi connectivity index (χ4n) is 2.10. The van der Waals surface area contributed by atoms with Gasteiger partial charge in [0.1, 0.15) is 11.5 Å². The lowest BCUT2D eigenvalue weighted by atomic mass is 10.0. The van der Waals surface area contributed by atoms with Gasteiger partial charge in [-0.25, -0.2) is 4.98 Å². The van der Waals surface area contributed by atoms with Crippen LogP contribution in [0, 0.1) is 5.92 Å². The highest BCUT2D eigenvalue weighted by atomic mass is 35.5. The fourth-order valence-corrected chi connectivity index (χ4v) is 2.10. The molecule has 0 aliphatic heterocycles. The smallest absolute Gasteiger partial charge is 0.224 e. The van der Waals surface area contributed by atoms with Crippen LogP contribution in [0.15, 0.2) is 42.6 Å². The first-order valence-electron chi connectivity index (χ1n) is 8.38. The highest BCUT2D eigenvalue weighted by Gasteiger charge is 2.16. The molecular weight excluding hydrogens is 389 g/mol. The van der Waals surface area contributed by atoms with Crippen molar-refractivity contribution in [1.82, 2.24) is 10.3 Å². The van der Waals surface area contributed by atoms with Crippen LogP contribution in [0.4, 0.5) is 0 Å². The van der Waals surface area contributed by atoms with Gasteiger partial charge >= 0.3 is 0 Å². The van der Waals surface area contributed by atoms with E-state index in [4.69, 9.17) is 15.2 Å². The van der Waals surface area contributed by atoms with Crippen molar-refractivity contribution in [1.29, 1.82) is 0 Å². The number of nitrogens with one attached hydrogen (secondary N) is 1. The molecule has 1 aromatic carbocycles. The number of aromatic nitrogens is 1. The third-order valence-electron chi connectivity index (χ3n) is 3.83. The van der Waals surface area contributed by atoms with E-state index in [-0.39, 0.29) is 42.7 Å². The molecule has 0 aliphatic rings. The second kappa shape index (κ2) is 12.4. The zero-order valence-electron chi connectivity index (χ0n) is 15.7. The Labute approximate surface area is 172 Å². The first-order valence-corrected chi connectivity index (χ1v) is 8.38. The largest absolute Gasteiger partial charge is 0.494 e. The van der Waals surface area contributed by atoms with Gasteiger partial charge in [-0.15, -0.1) is 24.8 Å². The molecule has 2 aromatic rings. The van der Waals surface area contributed by atoms with Crippen LogP contribution >= 0.6 is 24.8 Å². The van der Waals surface area contributed by atoms with E-state index >= 15 is 0 Å². The van der Waals surface area contributed by atoms with E-state index in [2.05, 4.69) is 10.3 Å². The van der Waals surface area contributed by atoms with Gasteiger partial charge < -0.3 is 20.5 Å². The number of ether oxygens (including phenoxy) is 2. The summed E-state index contributed by atoms with van der Waals surface area (Å²) in [6.07, 6.45) is 1.65. The van der Waals surface area contributed by atoms with Gasteiger partial charge in [0.15, 0.2) is 0 Å². The minimum Gasteiger partial charge on any atom is -0.494 e. The molecule has 0 bridgehead atoms. The number of nitrogens with zero attached hydrogens (tertiary/aromatic N) is 1. The van der Waals surface area contributed by atoms with Crippen LogP contribution in [0.25, 0.3) is 0 Å². The van der Waals surface area contributed by atoms with E-state index < -0.39 is 0 Å². The summed E-state index contributed by atoms with van der Waals surface area (Å²) in [6, 6.07) is 10.8. The highest BCUT2D eigenvalue weighted by molar-refractivity contribution is 5.85. The first-order chi connectivity index (χ1) is 12.0. The average molecular weight is 416 g/mol. The standard InChI is InChI=1S/C19H25N3O3.2ClH/c1-4-24-16-5-7-17(8-6-16)25-18-11-15(9-10-21-18)12-22-19(23)13(2)14(3)20;;/h5-11,13-14H,4,12,20H2,1-3H3,(H,22,23);2*1H. The summed E-state index contributed by atoms with van der Waals surface area (Å²) in [7, 11) is 0. The van der Waals surface area contributed by atoms with E-state index in [1.54, 1.807) is 12.3 Å². The monoisotopic (exact) mass is 415 g/mol. The number of halogens is 2. The van der Waals surface area contributed by atoms with Crippen molar-refractivity contribution in [2.75, 3.05) is 6.61 Å². The maximum Gasteiger partial charge on any atom is 0.224 e. The summed E-state index contributed by atoms with van der Waals surface area (Å²) >= 11 is 0. The van der Waals surface area contributed by atoms with Crippen molar-refractivity contribution >= 4 is 30.7 Å². The molecule has 1 amide bonds. The highest BCUT2D eigenvalue weighted by Crippen LogP contribution is 2.23. The van der Waals surface area contributed by atoms with Crippen LogP contribution in [0.1, 0.15) is 26.3 Å². The second-order valence-corrected chi connectivity index (χ2v) is 5.87. The van der Waals surface area contributed by atoms with Gasteiger partial charge in [-0.1, -0.05) is 6.92 Å². The Morgan fingerprint density at radius 1 is 1.15 bits per heavy atom. The SMILES string of the molecule is CCOc1ccc(Oc2cc(CNC(=O)C(C)C(C)N)ccn2)cc1.Cl.Cl. The lowest BCUT2D eigenvalue weighted by molar-refractivity contribution is -0.125. The predicted molar refractivity (Wildman–Crippen MR) is 111 cm³/mol. The van der Waals surface area contributed by atoms with Crippen molar-refractivity contribution in [3.05, 3.63) is 48.2 Å². The van der Waals surface area contributed by atoms with Crippen molar-refractivity contribution in [2.45, 2.75) is 33.4 Å². The summed E-state index contributed by atoms with van der Waals surface area (Å²) in [6.45, 7) is 6.59. The summed E-state index contributed by atoms with van der Waals surface area (Å²) in [4.78, 5) is 16.2. The third-order valence-corrected chi connectivity index (χ3v) is 3.83. The molecule has 0 spiro atoms. The number of hydrogen-bond donors (Lipinski definition) is 2. The molecule has 1 aromatic heterocycles. The number of carbonyl (C=O) groups excluding carboxylic acids is 1. The van der Waals surface area contributed by atoms with Crippen LogP contribution in [0.2, 0.25) is 0 Å². The van der Waals surface area contributed by atoms with Gasteiger partial charge in [0.2, 0.25) is 11.8 Å². The number of amides is 1. The maximum atomic E-state index is 12.0. The molecule has 2 unspecified atom stereocenters. The van der Waals surface area contributed by atoms with Gasteiger partial charge in [0.05, 0.1) is 6.61 Å². The predicted octanol–water partition coefficient (Wildman–Crippen LogP) is 3.72. The van der Waals surface area contributed by atoms with Gasteiger partial charge in [0, 0.05) is 30.8 Å². The van der Waals surface area contributed by atoms with E-state index in [1.807, 2.05) is 51.1 Å². The molecule has 0 radical (unpaired) electrons. The van der Waals surface area contributed by atoms with E-state index in [0.717, 1.165) is 11.3 Å². The molecule has 3 N–H and O–H groups in total. The topological polar surface area (TPSA) is 86.5 Å². The van der Waals surface area contributed by atoms with Crippen LogP contribution in [0.3, 0.4) is 0 Å². The van der Waals surface area contributed by atoms with Crippen LogP contribution in [-0.2, 0) is 11.3 Å². The van der Waals surface area contributed by atoms with Crippen molar-refractivity contribution in [3.63, 3.8) is 0 Å². The molecule has 27 heavy (non-hydrogen) atoms. The van der Waals surface area contributed by atoms with Crippen molar-refractivity contribution in [3.8, 4) is 17.4 Å². The zero-order chi connectivity index (χ0) is 18.2. The quantitative estimate of drug-likeness (QED) is 0.685. The average Bonchev–Trinajstić information content (AvgIpc) is 2.61. The van der Waals surface area contributed by atoms with E-state index in [9.17, 15) is 4.79 Å².